The van der Waals surface area contributed by atoms with E-state index >= 15 is 0 Å². The molecule has 1 saturated carbocycles. The molecule has 0 spiro atoms. The van der Waals surface area contributed by atoms with Crippen molar-refractivity contribution in [1.82, 2.24) is 10.6 Å². The van der Waals surface area contributed by atoms with Gasteiger partial charge in [-0.3, -0.25) is 4.79 Å². The lowest BCUT2D eigenvalue weighted by Gasteiger charge is -2.15. The zero-order valence-corrected chi connectivity index (χ0v) is 16.8. The average Bonchev–Trinajstić information content (AvgIpc) is 3.12. The lowest BCUT2D eigenvalue weighted by Crippen LogP contribution is -2.39. The maximum atomic E-state index is 13.3. The molecule has 1 heterocycles. The fourth-order valence-corrected chi connectivity index (χ4v) is 3.95. The van der Waals surface area contributed by atoms with Gasteiger partial charge in [-0.15, -0.1) is 0 Å². The van der Waals surface area contributed by atoms with Gasteiger partial charge in [-0.2, -0.15) is 0 Å². The summed E-state index contributed by atoms with van der Waals surface area (Å²) in [6.45, 7) is 9.85. The first-order valence-electron chi connectivity index (χ1n) is 9.90. The molecule has 1 amide bonds. The van der Waals surface area contributed by atoms with Gasteiger partial charge in [-0.05, 0) is 57.6 Å². The Morgan fingerprint density at radius 2 is 2.11 bits per heavy atom. The van der Waals surface area contributed by atoms with E-state index in [0.717, 1.165) is 25.7 Å². The van der Waals surface area contributed by atoms with Crippen LogP contribution in [0.4, 0.5) is 0 Å². The van der Waals surface area contributed by atoms with Gasteiger partial charge in [0.2, 0.25) is 0 Å². The average molecular weight is 377 g/mol. The SMILES string of the molecule is C=c1oc(C)c(C(=O)NC2CCc3ccccc32)/c1=C(/N=C\C)NC1(C)CC1. The second-order valence-corrected chi connectivity index (χ2v) is 8.02. The molecule has 146 valence electrons. The van der Waals surface area contributed by atoms with E-state index in [1.54, 1.807) is 6.21 Å². The van der Waals surface area contributed by atoms with E-state index < -0.39 is 0 Å². The molecule has 1 aromatic heterocycles. The number of furan rings is 1. The number of hydrogen-bond donors (Lipinski definition) is 2. The summed E-state index contributed by atoms with van der Waals surface area (Å²) in [7, 11) is 0. The molecule has 0 aliphatic heterocycles. The van der Waals surface area contributed by atoms with Gasteiger partial charge in [0.25, 0.3) is 5.91 Å². The molecule has 0 radical (unpaired) electrons. The smallest absolute Gasteiger partial charge is 0.256 e. The summed E-state index contributed by atoms with van der Waals surface area (Å²) in [6, 6.07) is 8.31. The Morgan fingerprint density at radius 3 is 2.82 bits per heavy atom. The third-order valence-electron chi connectivity index (χ3n) is 5.74. The summed E-state index contributed by atoms with van der Waals surface area (Å²) in [4.78, 5) is 17.8. The number of aryl methyl sites for hydroxylation is 2. The Bertz CT molecular complexity index is 1060. The predicted molar refractivity (Wildman–Crippen MR) is 112 cm³/mol. The van der Waals surface area contributed by atoms with Crippen LogP contribution in [0, 0.1) is 6.92 Å². The highest BCUT2D eigenvalue weighted by atomic mass is 16.3. The van der Waals surface area contributed by atoms with Gasteiger partial charge in [-0.1, -0.05) is 30.8 Å². The van der Waals surface area contributed by atoms with Crippen molar-refractivity contribution in [2.24, 2.45) is 4.99 Å². The Hall–Kier alpha value is -2.82. The van der Waals surface area contributed by atoms with Crippen LogP contribution in [0.15, 0.2) is 33.7 Å². The number of aliphatic imine (C=N–C) groups is 1. The molecule has 2 N–H and O–H groups in total. The van der Waals surface area contributed by atoms with Crippen LogP contribution in [-0.2, 0) is 6.42 Å². The number of amides is 1. The zero-order valence-electron chi connectivity index (χ0n) is 16.8. The van der Waals surface area contributed by atoms with Crippen LogP contribution >= 0.6 is 0 Å². The first-order chi connectivity index (χ1) is 13.4. The number of fused-ring (bicyclic) bond motifs is 1. The molecule has 2 aliphatic rings. The van der Waals surface area contributed by atoms with Crippen LogP contribution in [0.25, 0.3) is 12.4 Å². The third-order valence-corrected chi connectivity index (χ3v) is 5.74. The van der Waals surface area contributed by atoms with E-state index in [-0.39, 0.29) is 17.5 Å². The van der Waals surface area contributed by atoms with Crippen LogP contribution in [-0.4, -0.2) is 17.7 Å². The maximum Gasteiger partial charge on any atom is 0.256 e. The highest BCUT2D eigenvalue weighted by Crippen LogP contribution is 2.35. The Labute approximate surface area is 165 Å². The Morgan fingerprint density at radius 1 is 1.36 bits per heavy atom. The third kappa shape index (κ3) is 3.37. The van der Waals surface area contributed by atoms with Crippen molar-refractivity contribution in [3.63, 3.8) is 0 Å². The minimum absolute atomic E-state index is 0.0196. The number of carbonyl (C=O) groups excluding carboxylic acids is 1. The maximum absolute atomic E-state index is 13.3. The molecule has 1 aromatic carbocycles. The summed E-state index contributed by atoms with van der Waals surface area (Å²) >= 11 is 0. The summed E-state index contributed by atoms with van der Waals surface area (Å²) in [5.41, 5.74) is 3.52. The number of rotatable bonds is 5. The second-order valence-electron chi connectivity index (χ2n) is 8.02. The lowest BCUT2D eigenvalue weighted by molar-refractivity contribution is 0.0934. The van der Waals surface area contributed by atoms with Gasteiger partial charge in [0.15, 0.2) is 0 Å². The molecule has 5 heteroatoms. The highest BCUT2D eigenvalue weighted by Gasteiger charge is 2.38. The van der Waals surface area contributed by atoms with E-state index in [1.165, 1.54) is 11.1 Å². The van der Waals surface area contributed by atoms with Crippen LogP contribution in [0.2, 0.25) is 0 Å². The molecule has 1 unspecified atom stereocenters. The van der Waals surface area contributed by atoms with Crippen LogP contribution in [0.1, 0.15) is 66.4 Å². The van der Waals surface area contributed by atoms with E-state index in [2.05, 4.69) is 41.3 Å². The lowest BCUT2D eigenvalue weighted by atomic mass is 10.1. The monoisotopic (exact) mass is 377 g/mol. The summed E-state index contributed by atoms with van der Waals surface area (Å²) < 4.78 is 5.76. The van der Waals surface area contributed by atoms with Crippen molar-refractivity contribution >= 4 is 24.5 Å². The number of nitrogens with zero attached hydrogens (tertiary/aromatic N) is 1. The summed E-state index contributed by atoms with van der Waals surface area (Å²) in [5.74, 6) is 1.08. The Kier molecular flexibility index (Phi) is 4.61. The van der Waals surface area contributed by atoms with E-state index in [4.69, 9.17) is 4.42 Å². The molecule has 5 nitrogen and oxygen atoms in total. The molecule has 0 saturated heterocycles. The van der Waals surface area contributed by atoms with Crippen molar-refractivity contribution in [3.05, 3.63) is 57.4 Å². The molecular weight excluding hydrogens is 350 g/mol. The fraction of sp³-hybridized carbons (Fsp3) is 0.391. The number of hydrogen-bond acceptors (Lipinski definition) is 4. The molecule has 2 aromatic rings. The summed E-state index contributed by atoms with van der Waals surface area (Å²) in [5, 5.41) is 7.34. The van der Waals surface area contributed by atoms with Gasteiger partial charge in [-0.25, -0.2) is 4.99 Å². The molecule has 1 atom stereocenters. The Balaban J connectivity index is 1.73. The minimum Gasteiger partial charge on any atom is -0.461 e. The molecule has 2 aliphatic carbocycles. The second kappa shape index (κ2) is 6.97. The topological polar surface area (TPSA) is 66.6 Å². The van der Waals surface area contributed by atoms with Crippen molar-refractivity contribution in [2.75, 3.05) is 0 Å². The van der Waals surface area contributed by atoms with Gasteiger partial charge in [0.1, 0.15) is 17.0 Å². The highest BCUT2D eigenvalue weighted by molar-refractivity contribution is 5.96. The normalized spacial score (nSPS) is 20.8. The van der Waals surface area contributed by atoms with Gasteiger partial charge >= 0.3 is 0 Å². The van der Waals surface area contributed by atoms with Crippen molar-refractivity contribution in [1.29, 1.82) is 0 Å². The minimum atomic E-state index is -0.139. The summed E-state index contributed by atoms with van der Waals surface area (Å²) in [6.07, 6.45) is 5.79. The molecule has 28 heavy (non-hydrogen) atoms. The van der Waals surface area contributed by atoms with Crippen molar-refractivity contribution in [3.8, 4) is 0 Å². The van der Waals surface area contributed by atoms with Crippen molar-refractivity contribution in [2.45, 2.75) is 58.0 Å². The van der Waals surface area contributed by atoms with E-state index in [1.807, 2.05) is 26.0 Å². The van der Waals surface area contributed by atoms with Gasteiger partial charge < -0.3 is 15.1 Å². The largest absolute Gasteiger partial charge is 0.461 e. The molecule has 1 fully saturated rings. The molecule has 4 rings (SSSR count). The van der Waals surface area contributed by atoms with Crippen molar-refractivity contribution < 1.29 is 9.21 Å². The quantitative estimate of drug-likeness (QED) is 0.788. The van der Waals surface area contributed by atoms with Crippen LogP contribution in [0.3, 0.4) is 0 Å². The zero-order chi connectivity index (χ0) is 19.9. The standard InChI is InChI=1S/C23H27N3O2/c1-5-24-21(26-23(4)12-13-23)19-14(2)28-15(3)20(19)22(27)25-18-11-10-16-8-6-7-9-17(16)18/h5-9,18,26H,2,10-13H2,1,3-4H3,(H,25,27)/b21-19-,24-5-. The predicted octanol–water partition coefficient (Wildman–Crippen LogP) is 2.71. The van der Waals surface area contributed by atoms with Crippen LogP contribution < -0.4 is 21.3 Å². The van der Waals surface area contributed by atoms with E-state index in [9.17, 15) is 4.79 Å². The van der Waals surface area contributed by atoms with Gasteiger partial charge in [0.05, 0.1) is 16.8 Å². The van der Waals surface area contributed by atoms with E-state index in [0.29, 0.717) is 27.8 Å². The van der Waals surface area contributed by atoms with Crippen LogP contribution in [0.5, 0.6) is 0 Å². The number of nitrogens with one attached hydrogen (secondary N) is 2. The molecular formula is C23H27N3O2. The first-order valence-corrected chi connectivity index (χ1v) is 9.90. The van der Waals surface area contributed by atoms with Gasteiger partial charge in [0, 0.05) is 11.8 Å². The molecule has 0 bridgehead atoms. The number of benzene rings is 1. The fourth-order valence-electron chi connectivity index (χ4n) is 3.95. The first kappa shape index (κ1) is 18.5. The number of carbonyl (C=O) groups is 1.